The van der Waals surface area contributed by atoms with Gasteiger partial charge in [-0.2, -0.15) is 0 Å². The van der Waals surface area contributed by atoms with E-state index >= 15 is 0 Å². The van der Waals surface area contributed by atoms with Crippen LogP contribution in [0.4, 0.5) is 11.4 Å². The van der Waals surface area contributed by atoms with Gasteiger partial charge in [0.05, 0.1) is 5.92 Å². The van der Waals surface area contributed by atoms with E-state index in [1.807, 2.05) is 56.3 Å². The number of nitrogens with zero attached hydrogens (tertiary/aromatic N) is 1. The molecule has 3 aromatic rings. The average molecular weight is 429 g/mol. The van der Waals surface area contributed by atoms with E-state index in [1.54, 1.807) is 29.2 Å². The Kier molecular flexibility index (Phi) is 7.82. The summed E-state index contributed by atoms with van der Waals surface area (Å²) in [6.07, 6.45) is 1.03. The van der Waals surface area contributed by atoms with Crippen LogP contribution in [-0.2, 0) is 11.2 Å². The van der Waals surface area contributed by atoms with Gasteiger partial charge in [0.1, 0.15) is 0 Å². The average Bonchev–Trinajstić information content (AvgIpc) is 2.80. The Morgan fingerprint density at radius 3 is 2.03 bits per heavy atom. The molecule has 166 valence electrons. The van der Waals surface area contributed by atoms with E-state index in [0.717, 1.165) is 17.7 Å². The Balaban J connectivity index is 1.64. The van der Waals surface area contributed by atoms with E-state index in [1.165, 1.54) is 5.56 Å². The van der Waals surface area contributed by atoms with Crippen molar-refractivity contribution in [3.05, 3.63) is 95.6 Å². The van der Waals surface area contributed by atoms with Crippen LogP contribution in [0, 0.1) is 5.92 Å². The summed E-state index contributed by atoms with van der Waals surface area (Å²) in [5, 5.41) is 2.96. The van der Waals surface area contributed by atoms with Gasteiger partial charge in [0.25, 0.3) is 5.91 Å². The third kappa shape index (κ3) is 5.85. The van der Waals surface area contributed by atoms with Crippen molar-refractivity contribution in [2.24, 2.45) is 5.92 Å². The lowest BCUT2D eigenvalue weighted by Crippen LogP contribution is -2.30. The fourth-order valence-corrected chi connectivity index (χ4v) is 3.72. The summed E-state index contributed by atoms with van der Waals surface area (Å²) in [6, 6.07) is 25.0. The largest absolute Gasteiger partial charge is 0.326 e. The molecule has 0 bridgehead atoms. The second kappa shape index (κ2) is 10.8. The van der Waals surface area contributed by atoms with Crippen LogP contribution in [0.5, 0.6) is 0 Å². The molecule has 0 saturated heterocycles. The minimum absolute atomic E-state index is 0.0635. The van der Waals surface area contributed by atoms with Gasteiger partial charge < -0.3 is 10.2 Å². The number of rotatable bonds is 8. The van der Waals surface area contributed by atoms with Gasteiger partial charge in [-0.05, 0) is 73.7 Å². The van der Waals surface area contributed by atoms with Crippen LogP contribution in [-0.4, -0.2) is 18.4 Å². The SMILES string of the molecule is CCN(C(=O)c1ccc(NC(=O)C(C)c2ccc(CC(C)C)cc2)cc1)c1ccccc1. The van der Waals surface area contributed by atoms with Crippen molar-refractivity contribution in [1.29, 1.82) is 0 Å². The topological polar surface area (TPSA) is 49.4 Å². The van der Waals surface area contributed by atoms with Crippen LogP contribution in [0.25, 0.3) is 0 Å². The lowest BCUT2D eigenvalue weighted by Gasteiger charge is -2.21. The maximum atomic E-state index is 12.9. The van der Waals surface area contributed by atoms with Gasteiger partial charge in [-0.1, -0.05) is 56.3 Å². The van der Waals surface area contributed by atoms with E-state index in [4.69, 9.17) is 0 Å². The molecule has 0 fully saturated rings. The standard InChI is InChI=1S/C28H32N2O2/c1-5-30(26-9-7-6-8-10-26)28(32)24-15-17-25(18-16-24)29-27(31)21(4)23-13-11-22(12-14-23)19-20(2)3/h6-18,20-21H,5,19H2,1-4H3,(H,29,31). The number of para-hydroxylation sites is 1. The maximum absolute atomic E-state index is 12.9. The maximum Gasteiger partial charge on any atom is 0.258 e. The van der Waals surface area contributed by atoms with E-state index < -0.39 is 0 Å². The van der Waals surface area contributed by atoms with Crippen LogP contribution in [0.3, 0.4) is 0 Å². The lowest BCUT2D eigenvalue weighted by atomic mass is 9.96. The molecular formula is C28H32N2O2. The highest BCUT2D eigenvalue weighted by molar-refractivity contribution is 6.06. The van der Waals surface area contributed by atoms with Crippen LogP contribution in [0.1, 0.15) is 55.1 Å². The molecule has 3 aromatic carbocycles. The Morgan fingerprint density at radius 1 is 0.844 bits per heavy atom. The second-order valence-electron chi connectivity index (χ2n) is 8.51. The predicted octanol–water partition coefficient (Wildman–Crippen LogP) is 6.29. The van der Waals surface area contributed by atoms with Crippen LogP contribution in [0.2, 0.25) is 0 Å². The van der Waals surface area contributed by atoms with E-state index in [2.05, 4.69) is 31.3 Å². The highest BCUT2D eigenvalue weighted by Crippen LogP contribution is 2.21. The number of hydrogen-bond acceptors (Lipinski definition) is 2. The van der Waals surface area contributed by atoms with Gasteiger partial charge in [-0.3, -0.25) is 9.59 Å². The summed E-state index contributed by atoms with van der Waals surface area (Å²) in [7, 11) is 0. The molecule has 1 unspecified atom stereocenters. The lowest BCUT2D eigenvalue weighted by molar-refractivity contribution is -0.117. The van der Waals surface area contributed by atoms with Crippen molar-refractivity contribution >= 4 is 23.2 Å². The Hall–Kier alpha value is -3.40. The van der Waals surface area contributed by atoms with Crippen molar-refractivity contribution < 1.29 is 9.59 Å². The second-order valence-corrected chi connectivity index (χ2v) is 8.51. The molecule has 1 N–H and O–H groups in total. The van der Waals surface area contributed by atoms with Crippen molar-refractivity contribution in [2.75, 3.05) is 16.8 Å². The summed E-state index contributed by atoms with van der Waals surface area (Å²) < 4.78 is 0. The minimum Gasteiger partial charge on any atom is -0.326 e. The molecule has 2 amide bonds. The summed E-state index contributed by atoms with van der Waals surface area (Å²) >= 11 is 0. The number of carbonyl (C=O) groups excluding carboxylic acids is 2. The highest BCUT2D eigenvalue weighted by atomic mass is 16.2. The Morgan fingerprint density at radius 2 is 1.47 bits per heavy atom. The van der Waals surface area contributed by atoms with Gasteiger partial charge in [0.2, 0.25) is 5.91 Å². The third-order valence-corrected chi connectivity index (χ3v) is 5.55. The molecule has 4 nitrogen and oxygen atoms in total. The van der Waals surface area contributed by atoms with Gasteiger partial charge in [0.15, 0.2) is 0 Å². The molecule has 32 heavy (non-hydrogen) atoms. The molecular weight excluding hydrogens is 396 g/mol. The van der Waals surface area contributed by atoms with Crippen molar-refractivity contribution in [3.8, 4) is 0 Å². The summed E-state index contributed by atoms with van der Waals surface area (Å²) in [5.41, 5.74) is 4.40. The fourth-order valence-electron chi connectivity index (χ4n) is 3.72. The molecule has 0 aliphatic rings. The minimum atomic E-state index is -0.266. The number of benzene rings is 3. The molecule has 0 heterocycles. The zero-order chi connectivity index (χ0) is 23.1. The first-order valence-corrected chi connectivity index (χ1v) is 11.3. The predicted molar refractivity (Wildman–Crippen MR) is 132 cm³/mol. The summed E-state index contributed by atoms with van der Waals surface area (Å²) in [6.45, 7) is 8.84. The highest BCUT2D eigenvalue weighted by Gasteiger charge is 2.18. The van der Waals surface area contributed by atoms with E-state index in [0.29, 0.717) is 23.7 Å². The number of amides is 2. The molecule has 0 aliphatic carbocycles. The third-order valence-electron chi connectivity index (χ3n) is 5.55. The monoisotopic (exact) mass is 428 g/mol. The number of carbonyl (C=O) groups is 2. The Bertz CT molecular complexity index is 1030. The van der Waals surface area contributed by atoms with Gasteiger partial charge in [-0.25, -0.2) is 0 Å². The molecule has 1 atom stereocenters. The molecule has 0 saturated carbocycles. The first kappa shape index (κ1) is 23.3. The smallest absolute Gasteiger partial charge is 0.258 e. The van der Waals surface area contributed by atoms with Gasteiger partial charge >= 0.3 is 0 Å². The Labute approximate surface area is 191 Å². The van der Waals surface area contributed by atoms with Crippen molar-refractivity contribution in [3.63, 3.8) is 0 Å². The number of nitrogens with one attached hydrogen (secondary N) is 1. The van der Waals surface area contributed by atoms with Gasteiger partial charge in [-0.15, -0.1) is 0 Å². The molecule has 0 aliphatic heterocycles. The zero-order valence-corrected chi connectivity index (χ0v) is 19.3. The molecule has 0 aromatic heterocycles. The number of hydrogen-bond donors (Lipinski definition) is 1. The van der Waals surface area contributed by atoms with E-state index in [-0.39, 0.29) is 17.7 Å². The molecule has 0 radical (unpaired) electrons. The van der Waals surface area contributed by atoms with Crippen molar-refractivity contribution in [1.82, 2.24) is 0 Å². The van der Waals surface area contributed by atoms with Crippen molar-refractivity contribution in [2.45, 2.75) is 40.0 Å². The fraction of sp³-hybridized carbons (Fsp3) is 0.286. The number of anilines is 2. The van der Waals surface area contributed by atoms with Crippen LogP contribution >= 0.6 is 0 Å². The van der Waals surface area contributed by atoms with Crippen LogP contribution < -0.4 is 10.2 Å². The normalized spacial score (nSPS) is 11.8. The first-order chi connectivity index (χ1) is 15.4. The summed E-state index contributed by atoms with van der Waals surface area (Å²) in [4.78, 5) is 27.4. The van der Waals surface area contributed by atoms with E-state index in [9.17, 15) is 9.59 Å². The van der Waals surface area contributed by atoms with Crippen LogP contribution in [0.15, 0.2) is 78.9 Å². The molecule has 0 spiro atoms. The summed E-state index contributed by atoms with van der Waals surface area (Å²) in [5.74, 6) is 0.207. The quantitative estimate of drug-likeness (QED) is 0.458. The molecule has 3 rings (SSSR count). The van der Waals surface area contributed by atoms with Gasteiger partial charge in [0, 0.05) is 23.5 Å². The molecule has 4 heteroatoms. The zero-order valence-electron chi connectivity index (χ0n) is 19.3. The first-order valence-electron chi connectivity index (χ1n) is 11.3.